The molecule has 674 valence electrons. The summed E-state index contributed by atoms with van der Waals surface area (Å²) >= 11 is 12.1. The van der Waals surface area contributed by atoms with Crippen molar-refractivity contribution < 1.29 is 86.1 Å². The van der Waals surface area contributed by atoms with Crippen LogP contribution in [0.1, 0.15) is 216 Å². The van der Waals surface area contributed by atoms with E-state index in [1.807, 2.05) is 76.6 Å². The quantitative estimate of drug-likeness (QED) is 0.0531. The molecule has 2 amide bonds. The Hall–Kier alpha value is -14.0. The summed E-state index contributed by atoms with van der Waals surface area (Å²) in [5.74, 6) is -2.92. The van der Waals surface area contributed by atoms with Gasteiger partial charge in [-0.3, -0.25) is 39.5 Å². The first kappa shape index (κ1) is 94.6. The Labute approximate surface area is 767 Å². The summed E-state index contributed by atoms with van der Waals surface area (Å²) in [7, 11) is 7.30. The van der Waals surface area contributed by atoms with Crippen molar-refractivity contribution in [1.29, 1.82) is 0 Å². The molecule has 0 saturated carbocycles. The number of carbonyl (C=O) groups is 8. The van der Waals surface area contributed by atoms with Crippen LogP contribution in [0.4, 0.5) is 8.78 Å². The first-order valence-corrected chi connectivity index (χ1v) is 43.2. The minimum atomic E-state index is -0.975. The Bertz CT molecular complexity index is 6450. The van der Waals surface area contributed by atoms with E-state index in [0.29, 0.717) is 140 Å². The van der Waals surface area contributed by atoms with Gasteiger partial charge in [0.05, 0.1) is 113 Å². The lowest BCUT2D eigenvalue weighted by Gasteiger charge is -2.32. The van der Waals surface area contributed by atoms with Crippen LogP contribution in [0.2, 0.25) is 10.0 Å². The molecule has 2 fully saturated rings. The molecule has 0 unspecified atom stereocenters. The van der Waals surface area contributed by atoms with Crippen LogP contribution in [0.25, 0.3) is 36.5 Å². The number of aryl methyl sites for hydroxylation is 2. The lowest BCUT2D eigenvalue weighted by molar-refractivity contribution is -0.131. The summed E-state index contributed by atoms with van der Waals surface area (Å²) in [4.78, 5) is 124. The molecule has 24 nitrogen and oxygen atoms in total. The van der Waals surface area contributed by atoms with E-state index in [9.17, 15) is 62.5 Å². The average molecular weight is 1810 g/mol. The monoisotopic (exact) mass is 1810 g/mol. The molecule has 0 bridgehead atoms. The van der Waals surface area contributed by atoms with Crippen LogP contribution >= 0.6 is 23.2 Å². The number of ether oxygens (including phenoxy) is 5. The highest BCUT2D eigenvalue weighted by Crippen LogP contribution is 2.40. The molecule has 0 radical (unpaired) electrons. The fourth-order valence-electron chi connectivity index (χ4n) is 17.5. The Balaban J connectivity index is 0.000000134. The molecule has 0 atom stereocenters. The van der Waals surface area contributed by atoms with Gasteiger partial charge in [0.2, 0.25) is 0 Å². The number of benzene rings is 4. The number of fused-ring (bicyclic) bond motifs is 6. The lowest BCUT2D eigenvalue weighted by Crippen LogP contribution is -2.43. The van der Waals surface area contributed by atoms with Gasteiger partial charge in [0, 0.05) is 85.3 Å². The summed E-state index contributed by atoms with van der Waals surface area (Å²) in [5.41, 5.74) is 22.9. The molecule has 6 aromatic heterocycles. The number of methoxy groups -OCH3 is 5. The van der Waals surface area contributed by atoms with Crippen LogP contribution < -0.4 is 9.47 Å². The van der Waals surface area contributed by atoms with Crippen LogP contribution in [0.5, 0.6) is 11.5 Å². The van der Waals surface area contributed by atoms with Crippen molar-refractivity contribution >= 4 is 107 Å². The second kappa shape index (κ2) is 41.2. The molecule has 8 heterocycles. The van der Waals surface area contributed by atoms with E-state index in [-0.39, 0.29) is 58.0 Å². The summed E-state index contributed by atoms with van der Waals surface area (Å²) in [6.45, 7) is 13.4. The fourth-order valence-corrected chi connectivity index (χ4v) is 17.9. The van der Waals surface area contributed by atoms with Gasteiger partial charge in [0.15, 0.2) is 0 Å². The van der Waals surface area contributed by atoms with Gasteiger partial charge in [-0.15, -0.1) is 0 Å². The zero-order valence-corrected chi connectivity index (χ0v) is 75.9. The van der Waals surface area contributed by atoms with E-state index < -0.39 is 17.9 Å². The summed E-state index contributed by atoms with van der Waals surface area (Å²) in [5, 5.41) is 28.8. The third-order valence-corrected chi connectivity index (χ3v) is 24.8. The van der Waals surface area contributed by atoms with Crippen molar-refractivity contribution in [2.24, 2.45) is 0 Å². The molecule has 28 heteroatoms. The Morgan fingerprint density at radius 2 is 0.626 bits per heavy atom. The zero-order valence-electron chi connectivity index (χ0n) is 74.4. The zero-order chi connectivity index (χ0) is 93.9. The minimum Gasteiger partial charge on any atom is -0.495 e. The molecule has 6 aliphatic carbocycles. The fraction of sp³-hybridized carbons (Fsp3) is 0.282. The van der Waals surface area contributed by atoms with E-state index in [4.69, 9.17) is 46.9 Å². The standard InChI is InChI=1S/C18H16ClNO3.C18H16FNO2.C17H14ClNO3.C17H14FNO2.C17H20N2O3.C16H18N2O3/c1-22-17-10-11(3-4-15(17)19)7-12-8-14-13(18(21)23-2)5-6-20-16(14)9-12;1-11-7-12(3-4-16(11)19)8-13-9-15-14(18(21)22-2)5-6-20-17(15)10-13;1-22-16-9-10(2-3-14(16)18)6-11-7-13-12(17(20)21)4-5-19-15(13)8-11;1-10-6-11(2-3-15(10)18)7-12-8-14-13(17(20)21)4-5-19-16(14)9-12;1-17(2)6-4-8-19(17)15(20)11-9-13-12(16(21)22-3)5-7-18-14(13)10-11;1-16(2)5-3-7-18(16)14(19)10-8-12-11(15(20)21)4-6-17-13(12)9-10/h3-6,9-10H,7-8H2,1-2H3;3-7,10H,8-9H2,1-2H3;2-5,8-9H,6-7H2,1H3,(H,20,21);2-6,9H,7-8H2,1H3,(H,20,21);5,7,10H,4,6,8-9H2,1-3H3;4,6,9H,3,5,7-8H2,1-2H3,(H,20,21). The number of aromatic nitrogens is 6. The number of halogens is 4. The van der Waals surface area contributed by atoms with E-state index in [2.05, 4.69) is 57.6 Å². The molecular formula is C103H98Cl2F2N8O16. The van der Waals surface area contributed by atoms with Gasteiger partial charge in [0.25, 0.3) is 11.8 Å². The molecule has 10 aromatic rings. The lowest BCUT2D eigenvalue weighted by atomic mass is 10.00. The third kappa shape index (κ3) is 22.0. The number of rotatable bonds is 18. The van der Waals surface area contributed by atoms with Gasteiger partial charge >= 0.3 is 35.8 Å². The highest BCUT2D eigenvalue weighted by Gasteiger charge is 2.40. The average Bonchev–Trinajstić information content (AvgIpc) is 1.63. The van der Waals surface area contributed by atoms with Gasteiger partial charge in [-0.1, -0.05) is 81.9 Å². The number of hydrogen-bond acceptors (Lipinski definition) is 19. The largest absolute Gasteiger partial charge is 0.495 e. The van der Waals surface area contributed by atoms with E-state index >= 15 is 0 Å². The molecule has 4 aromatic carbocycles. The number of aromatic carboxylic acids is 3. The SMILES string of the molecule is CC1(C)CCCN1C(=O)C1=Cc2nccc(C(=O)O)c2C1.COC(=O)c1ccnc2c1CC(C(=O)N1CCCC1(C)C)=C2.COC(=O)c1ccnc2c1CC(Cc1ccc(Cl)c(OC)c1)=C2.COC(=O)c1ccnc2c1CC(Cc1ccc(F)c(C)c1)=C2.COc1cc(CC2=Cc3nccc(C(=O)O)c3C2)ccc1Cl.Cc1cc(CC2=Cc3nccc(C(=O)O)c3C2)ccc1F. The van der Waals surface area contributed by atoms with E-state index in [1.54, 1.807) is 101 Å². The van der Waals surface area contributed by atoms with Crippen molar-refractivity contribution in [3.05, 3.63) is 336 Å². The highest BCUT2D eigenvalue weighted by molar-refractivity contribution is 6.32. The number of allylic oxidation sites excluding steroid dienone is 4. The second-order valence-electron chi connectivity index (χ2n) is 33.9. The van der Waals surface area contributed by atoms with Crippen molar-refractivity contribution in [3.63, 3.8) is 0 Å². The van der Waals surface area contributed by atoms with Crippen LogP contribution in [0, 0.1) is 25.5 Å². The maximum Gasteiger partial charge on any atom is 0.338 e. The van der Waals surface area contributed by atoms with Crippen LogP contribution in [-0.4, -0.2) is 162 Å². The predicted molar refractivity (Wildman–Crippen MR) is 494 cm³/mol. The smallest absolute Gasteiger partial charge is 0.338 e. The normalized spacial score (nSPS) is 14.8. The second-order valence-corrected chi connectivity index (χ2v) is 34.7. The molecular weight excluding hydrogens is 1710 g/mol. The Morgan fingerprint density at radius 1 is 0.366 bits per heavy atom. The number of likely N-dealkylation sites (tertiary alicyclic amines) is 2. The number of amides is 2. The van der Waals surface area contributed by atoms with Crippen molar-refractivity contribution in [3.8, 4) is 11.5 Å². The number of carboxylic acid groups (broad SMARTS) is 3. The Kier molecular flexibility index (Phi) is 29.8. The maximum absolute atomic E-state index is 13.3. The third-order valence-electron chi connectivity index (χ3n) is 24.2. The molecule has 2 saturated heterocycles. The van der Waals surface area contributed by atoms with Gasteiger partial charge in [-0.2, -0.15) is 0 Å². The number of nitrogens with zero attached hydrogens (tertiary/aromatic N) is 8. The van der Waals surface area contributed by atoms with Crippen LogP contribution in [0.15, 0.2) is 180 Å². The van der Waals surface area contributed by atoms with E-state index in [0.717, 1.165) is 141 Å². The van der Waals surface area contributed by atoms with Crippen molar-refractivity contribution in [2.75, 3.05) is 48.6 Å². The first-order valence-electron chi connectivity index (χ1n) is 42.5. The van der Waals surface area contributed by atoms with Gasteiger partial charge in [-0.25, -0.2) is 37.5 Å². The molecule has 2 aliphatic heterocycles. The topological polar surface area (TPSA) is 327 Å². The highest BCUT2D eigenvalue weighted by atomic mass is 35.5. The van der Waals surface area contributed by atoms with E-state index in [1.165, 1.54) is 69.8 Å². The van der Waals surface area contributed by atoms with Crippen molar-refractivity contribution in [2.45, 2.75) is 143 Å². The maximum atomic E-state index is 13.3. The number of pyridine rings is 6. The predicted octanol–water partition coefficient (Wildman–Crippen LogP) is 18.6. The van der Waals surface area contributed by atoms with Gasteiger partial charge in [-0.05, 0) is 295 Å². The van der Waals surface area contributed by atoms with Gasteiger partial charge < -0.3 is 48.8 Å². The molecule has 8 aliphatic rings. The first-order chi connectivity index (χ1) is 62.7. The summed E-state index contributed by atoms with van der Waals surface area (Å²) < 4.78 is 51.5. The number of hydrogen-bond donors (Lipinski definition) is 3. The Morgan fingerprint density at radius 3 is 0.893 bits per heavy atom. The number of esters is 3. The minimum absolute atomic E-state index is 0.00633. The van der Waals surface area contributed by atoms with Crippen molar-refractivity contribution in [1.82, 2.24) is 39.7 Å². The summed E-state index contributed by atoms with van der Waals surface area (Å²) in [6.07, 6.45) is 31.1. The molecule has 131 heavy (non-hydrogen) atoms. The molecule has 0 spiro atoms. The number of carbonyl (C=O) groups excluding carboxylic acids is 5. The van der Waals surface area contributed by atoms with Crippen LogP contribution in [0.3, 0.4) is 0 Å². The number of carboxylic acids is 3. The molecule has 18 rings (SSSR count). The van der Waals surface area contributed by atoms with Crippen LogP contribution in [-0.2, 0) is 88.0 Å². The summed E-state index contributed by atoms with van der Waals surface area (Å²) in [6, 6.07) is 31.2. The molecule has 3 N–H and O–H groups in total. The van der Waals surface area contributed by atoms with Gasteiger partial charge in [0.1, 0.15) is 23.1 Å².